The zero-order valence-corrected chi connectivity index (χ0v) is 22.6. The van der Waals surface area contributed by atoms with E-state index in [1.165, 1.54) is 12.5 Å². The molecule has 1 aromatic rings. The number of fused-ring (bicyclic) bond motifs is 2. The van der Waals surface area contributed by atoms with E-state index in [9.17, 15) is 14.4 Å². The maximum atomic E-state index is 13.6. The molecule has 1 aliphatic heterocycles. The van der Waals surface area contributed by atoms with E-state index in [-0.39, 0.29) is 34.6 Å². The molecule has 7 bridgehead atoms. The number of allylic oxidation sites excluding steroid dienone is 1. The standard InChI is InChI=1S/C31H38N2O5/c1-4-33-16-29(17-38-27(36)20-8-5-6-9-23(20)32-18(2)34)12-7-13-30-22-14-19-10-11-21(25(22)26(19)35)31(37-3,28(30)33)15-24(29)30/h5-6,8-9,11,19,22,24-25,28H,4,7,10,12-17H2,1-3H3,(H,32,34)/t19-,22+,24+,25+,28-,29-,30+,31+/m0/s1. The number of ketones is 1. The summed E-state index contributed by atoms with van der Waals surface area (Å²) in [7, 11) is 1.85. The number of benzene rings is 1. The van der Waals surface area contributed by atoms with E-state index in [4.69, 9.17) is 9.47 Å². The smallest absolute Gasteiger partial charge is 0.340 e. The number of methoxy groups -OCH3 is 1. The Balaban J connectivity index is 1.28. The number of likely N-dealkylation sites (tertiary alicyclic amines) is 1. The highest BCUT2D eigenvalue weighted by molar-refractivity contribution is 6.00. The minimum atomic E-state index is -0.430. The fourth-order valence-corrected chi connectivity index (χ4v) is 10.5. The first-order valence-electron chi connectivity index (χ1n) is 14.4. The van der Waals surface area contributed by atoms with E-state index in [0.29, 0.717) is 35.5 Å². The Hall–Kier alpha value is -2.51. The van der Waals surface area contributed by atoms with E-state index in [1.807, 2.05) is 7.11 Å². The normalized spacial score (nSPS) is 42.0. The Morgan fingerprint density at radius 3 is 2.79 bits per heavy atom. The second kappa shape index (κ2) is 8.25. The van der Waals surface area contributed by atoms with Gasteiger partial charge in [0.1, 0.15) is 11.4 Å². The molecule has 1 heterocycles. The Bertz CT molecular complexity index is 1260. The number of piperidine rings is 1. The molecule has 1 aromatic carbocycles. The van der Waals surface area contributed by atoms with Crippen LogP contribution < -0.4 is 5.32 Å². The van der Waals surface area contributed by atoms with Gasteiger partial charge in [-0.1, -0.05) is 31.6 Å². The number of hydrogen-bond acceptors (Lipinski definition) is 6. The van der Waals surface area contributed by atoms with Crippen molar-refractivity contribution in [3.8, 4) is 0 Å². The van der Waals surface area contributed by atoms with E-state index in [2.05, 4.69) is 23.2 Å². The molecule has 6 aliphatic rings. The van der Waals surface area contributed by atoms with Crippen LogP contribution in [0.3, 0.4) is 0 Å². The van der Waals surface area contributed by atoms with Gasteiger partial charge in [0, 0.05) is 43.9 Å². The minimum Gasteiger partial charge on any atom is -0.461 e. The van der Waals surface area contributed by atoms with E-state index in [1.54, 1.807) is 24.3 Å². The van der Waals surface area contributed by atoms with Crippen molar-refractivity contribution in [3.63, 3.8) is 0 Å². The van der Waals surface area contributed by atoms with Gasteiger partial charge in [-0.05, 0) is 73.6 Å². The monoisotopic (exact) mass is 518 g/mol. The predicted molar refractivity (Wildman–Crippen MR) is 141 cm³/mol. The van der Waals surface area contributed by atoms with Gasteiger partial charge in [0.25, 0.3) is 0 Å². The van der Waals surface area contributed by atoms with E-state index >= 15 is 0 Å². The first-order chi connectivity index (χ1) is 18.3. The molecule has 1 amide bonds. The predicted octanol–water partition coefficient (Wildman–Crippen LogP) is 4.23. The van der Waals surface area contributed by atoms with Gasteiger partial charge in [-0.25, -0.2) is 4.79 Å². The quantitative estimate of drug-likeness (QED) is 0.448. The number of carbonyl (C=O) groups excluding carboxylic acids is 3. The summed E-state index contributed by atoms with van der Waals surface area (Å²) in [6.45, 7) is 5.81. The van der Waals surface area contributed by atoms with Crippen LogP contribution in [0.2, 0.25) is 0 Å². The van der Waals surface area contributed by atoms with Crippen molar-refractivity contribution >= 4 is 23.3 Å². The summed E-state index contributed by atoms with van der Waals surface area (Å²) in [6.07, 6.45) is 8.36. The van der Waals surface area contributed by atoms with Gasteiger partial charge in [0.15, 0.2) is 0 Å². The molecule has 38 heavy (non-hydrogen) atoms. The summed E-state index contributed by atoms with van der Waals surface area (Å²) in [5, 5.41) is 2.76. The van der Waals surface area contributed by atoms with Crippen molar-refractivity contribution in [1.82, 2.24) is 4.90 Å². The number of amides is 1. The lowest BCUT2D eigenvalue weighted by Crippen LogP contribution is -2.72. The third-order valence-electron chi connectivity index (χ3n) is 11.5. The van der Waals surface area contributed by atoms with Gasteiger partial charge in [0.2, 0.25) is 5.91 Å². The van der Waals surface area contributed by atoms with E-state index < -0.39 is 11.6 Å². The molecule has 8 atom stereocenters. The summed E-state index contributed by atoms with van der Waals surface area (Å²) in [6, 6.07) is 7.32. The van der Waals surface area contributed by atoms with Crippen LogP contribution in [0.5, 0.6) is 0 Å². The van der Waals surface area contributed by atoms with Crippen LogP contribution in [0.15, 0.2) is 35.9 Å². The fraction of sp³-hybridized carbons (Fsp3) is 0.645. The Morgan fingerprint density at radius 1 is 1.21 bits per heavy atom. The third kappa shape index (κ3) is 2.90. The number of rotatable bonds is 6. The topological polar surface area (TPSA) is 84.9 Å². The molecule has 0 aromatic heterocycles. The summed E-state index contributed by atoms with van der Waals surface area (Å²) < 4.78 is 12.8. The molecule has 4 saturated carbocycles. The van der Waals surface area contributed by atoms with Crippen molar-refractivity contribution < 1.29 is 23.9 Å². The molecule has 7 nitrogen and oxygen atoms in total. The van der Waals surface area contributed by atoms with Crippen molar-refractivity contribution in [3.05, 3.63) is 41.5 Å². The van der Waals surface area contributed by atoms with Crippen LogP contribution in [-0.2, 0) is 19.1 Å². The van der Waals surface area contributed by atoms with Gasteiger partial charge in [-0.3, -0.25) is 14.5 Å². The molecule has 0 radical (unpaired) electrons. The number of carbonyl (C=O) groups is 3. The van der Waals surface area contributed by atoms with Gasteiger partial charge >= 0.3 is 5.97 Å². The SMILES string of the molecule is CCN1C[C@]2(COC(=O)c3ccccc3NC(C)=O)CCC[C@@]34[C@@H]5C[C@@H]6CC=C([C@H]5C6=O)[C@](OC)(C[C@H]23)[C@@H]14. The van der Waals surface area contributed by atoms with Crippen molar-refractivity contribution in [2.75, 3.05) is 32.1 Å². The fourth-order valence-electron chi connectivity index (χ4n) is 10.5. The second-order valence-electron chi connectivity index (χ2n) is 12.8. The Labute approximate surface area is 224 Å². The average molecular weight is 519 g/mol. The number of para-hydroxylation sites is 1. The number of ether oxygens (including phenoxy) is 2. The molecule has 1 N–H and O–H groups in total. The van der Waals surface area contributed by atoms with Gasteiger partial charge in [-0.15, -0.1) is 0 Å². The first-order valence-corrected chi connectivity index (χ1v) is 14.4. The molecule has 7 heteroatoms. The number of nitrogens with zero attached hydrogens (tertiary/aromatic N) is 1. The number of esters is 1. The summed E-state index contributed by atoms with van der Waals surface area (Å²) in [5.74, 6) is 0.709. The molecule has 5 aliphatic carbocycles. The molecule has 5 fully saturated rings. The van der Waals surface area contributed by atoms with Crippen LogP contribution >= 0.6 is 0 Å². The maximum absolute atomic E-state index is 13.6. The van der Waals surface area contributed by atoms with Gasteiger partial charge < -0.3 is 14.8 Å². The number of likely N-dealkylation sites (N-methyl/N-ethyl adjacent to an activating group) is 1. The maximum Gasteiger partial charge on any atom is 0.340 e. The largest absolute Gasteiger partial charge is 0.461 e. The lowest BCUT2D eigenvalue weighted by Gasteiger charge is -2.66. The second-order valence-corrected chi connectivity index (χ2v) is 12.8. The van der Waals surface area contributed by atoms with Crippen LogP contribution in [0, 0.1) is 34.5 Å². The van der Waals surface area contributed by atoms with Crippen LogP contribution in [0.1, 0.15) is 62.7 Å². The van der Waals surface area contributed by atoms with Gasteiger partial charge in [-0.2, -0.15) is 0 Å². The highest BCUT2D eigenvalue weighted by Gasteiger charge is 2.81. The molecule has 202 valence electrons. The number of hydrogen-bond donors (Lipinski definition) is 1. The summed E-state index contributed by atoms with van der Waals surface area (Å²) >= 11 is 0. The molecule has 0 unspecified atom stereocenters. The average Bonchev–Trinajstić information content (AvgIpc) is 3.21. The van der Waals surface area contributed by atoms with Crippen molar-refractivity contribution in [2.24, 2.45) is 34.5 Å². The lowest BCUT2D eigenvalue weighted by molar-refractivity contribution is -0.193. The summed E-state index contributed by atoms with van der Waals surface area (Å²) in [4.78, 5) is 41.3. The first kappa shape index (κ1) is 24.5. The zero-order chi connectivity index (χ0) is 26.4. The molecule has 7 rings (SSSR count). The summed E-state index contributed by atoms with van der Waals surface area (Å²) in [5.41, 5.74) is 1.54. The van der Waals surface area contributed by atoms with E-state index in [0.717, 1.165) is 51.6 Å². The Kier molecular flexibility index (Phi) is 5.32. The zero-order valence-electron chi connectivity index (χ0n) is 22.6. The molecule has 1 saturated heterocycles. The number of nitrogens with one attached hydrogen (secondary N) is 1. The molecular weight excluding hydrogens is 480 g/mol. The minimum absolute atomic E-state index is 0.00892. The third-order valence-corrected chi connectivity index (χ3v) is 11.5. The number of anilines is 1. The highest BCUT2D eigenvalue weighted by Crippen LogP contribution is 2.78. The lowest BCUT2D eigenvalue weighted by atomic mass is 9.45. The molecule has 1 spiro atoms. The van der Waals surface area contributed by atoms with Gasteiger partial charge in [0.05, 0.1) is 17.9 Å². The van der Waals surface area contributed by atoms with Crippen LogP contribution in [0.25, 0.3) is 0 Å². The Morgan fingerprint density at radius 2 is 2.03 bits per heavy atom. The van der Waals surface area contributed by atoms with Crippen LogP contribution in [-0.4, -0.2) is 61.0 Å². The number of Topliss-reactive ketones (excluding diaryl/α,β-unsaturated/α-hetero) is 1. The van der Waals surface area contributed by atoms with Crippen LogP contribution in [0.4, 0.5) is 5.69 Å². The molecular formula is C31H38N2O5. The van der Waals surface area contributed by atoms with Crippen molar-refractivity contribution in [2.45, 2.75) is 64.0 Å². The van der Waals surface area contributed by atoms with Crippen molar-refractivity contribution in [1.29, 1.82) is 0 Å². The highest BCUT2D eigenvalue weighted by atomic mass is 16.5.